The van der Waals surface area contributed by atoms with E-state index in [1.165, 1.54) is 28.5 Å². The van der Waals surface area contributed by atoms with Crippen molar-refractivity contribution in [3.63, 3.8) is 0 Å². The molecule has 0 saturated heterocycles. The van der Waals surface area contributed by atoms with Crippen molar-refractivity contribution in [2.45, 2.75) is 17.7 Å². The van der Waals surface area contributed by atoms with E-state index in [2.05, 4.69) is 35.6 Å². The largest absolute Gasteiger partial charge is 0.325 e. The van der Waals surface area contributed by atoms with Gasteiger partial charge in [0.2, 0.25) is 5.91 Å². The van der Waals surface area contributed by atoms with Gasteiger partial charge in [-0.05, 0) is 52.9 Å². The predicted octanol–water partition coefficient (Wildman–Crippen LogP) is 4.85. The summed E-state index contributed by atoms with van der Waals surface area (Å²) in [5.74, 6) is -2.84. The SMILES string of the molecule is O=C(Nc1ccc(CCc2ccc3ccccc3c2)cc1)C1CS(=O)(=O)c2ccccc2C1=O. The molecule has 1 aliphatic rings. The zero-order valence-electron chi connectivity index (χ0n) is 18.4. The number of Topliss-reactive ketones (excluding diaryl/α,β-unsaturated/α-hetero) is 1. The highest BCUT2D eigenvalue weighted by Crippen LogP contribution is 2.29. The Hall–Kier alpha value is -3.77. The van der Waals surface area contributed by atoms with Crippen molar-refractivity contribution in [3.8, 4) is 0 Å². The monoisotopic (exact) mass is 469 g/mol. The van der Waals surface area contributed by atoms with Crippen LogP contribution in [0.3, 0.4) is 0 Å². The number of hydrogen-bond acceptors (Lipinski definition) is 4. The van der Waals surface area contributed by atoms with Crippen molar-refractivity contribution >= 4 is 38.0 Å². The number of carbonyl (C=O) groups excluding carboxylic acids is 2. The average Bonchev–Trinajstić information content (AvgIpc) is 2.86. The molecule has 5 nitrogen and oxygen atoms in total. The van der Waals surface area contributed by atoms with Crippen LogP contribution in [0.25, 0.3) is 10.8 Å². The molecule has 6 heteroatoms. The maximum absolute atomic E-state index is 12.8. The van der Waals surface area contributed by atoms with Crippen LogP contribution in [0.1, 0.15) is 21.5 Å². The topological polar surface area (TPSA) is 80.3 Å². The minimum absolute atomic E-state index is 0.000170. The second-order valence-electron chi connectivity index (χ2n) is 8.56. The number of ketones is 1. The Kier molecular flexibility index (Phi) is 5.75. The molecule has 0 aliphatic carbocycles. The highest BCUT2D eigenvalue weighted by atomic mass is 32.2. The van der Waals surface area contributed by atoms with Crippen LogP contribution in [0.2, 0.25) is 0 Å². The highest BCUT2D eigenvalue weighted by molar-refractivity contribution is 7.91. The summed E-state index contributed by atoms with van der Waals surface area (Å²) in [5.41, 5.74) is 2.99. The van der Waals surface area contributed by atoms with Crippen molar-refractivity contribution in [2.24, 2.45) is 5.92 Å². The van der Waals surface area contributed by atoms with Crippen LogP contribution in [0, 0.1) is 5.92 Å². The van der Waals surface area contributed by atoms with Gasteiger partial charge in [-0.15, -0.1) is 0 Å². The second-order valence-corrected chi connectivity index (χ2v) is 10.6. The molecule has 4 aromatic carbocycles. The van der Waals surface area contributed by atoms with Gasteiger partial charge in [-0.2, -0.15) is 0 Å². The number of sulfone groups is 1. The third kappa shape index (κ3) is 4.37. The van der Waals surface area contributed by atoms with Gasteiger partial charge in [0.25, 0.3) is 0 Å². The highest BCUT2D eigenvalue weighted by Gasteiger charge is 2.40. The van der Waals surface area contributed by atoms with E-state index >= 15 is 0 Å². The summed E-state index contributed by atoms with van der Waals surface area (Å²) in [4.78, 5) is 25.5. The molecule has 1 N–H and O–H groups in total. The fourth-order valence-corrected chi connectivity index (χ4v) is 6.09. The number of benzene rings is 4. The van der Waals surface area contributed by atoms with Crippen molar-refractivity contribution in [1.29, 1.82) is 0 Å². The third-order valence-corrected chi connectivity index (χ3v) is 8.04. The van der Waals surface area contributed by atoms with Crippen LogP contribution < -0.4 is 5.32 Å². The Morgan fingerprint density at radius 1 is 0.794 bits per heavy atom. The Labute approximate surface area is 198 Å². The average molecular weight is 470 g/mol. The molecular formula is C28H23NO4S. The maximum Gasteiger partial charge on any atom is 0.236 e. The van der Waals surface area contributed by atoms with Gasteiger partial charge in [-0.3, -0.25) is 9.59 Å². The quantitative estimate of drug-likeness (QED) is 0.424. The van der Waals surface area contributed by atoms with Crippen LogP contribution >= 0.6 is 0 Å². The van der Waals surface area contributed by atoms with E-state index < -0.39 is 33.2 Å². The maximum atomic E-state index is 12.8. The molecule has 0 saturated carbocycles. The predicted molar refractivity (Wildman–Crippen MR) is 133 cm³/mol. The van der Waals surface area contributed by atoms with Crippen LogP contribution in [-0.4, -0.2) is 25.9 Å². The molecule has 1 heterocycles. The van der Waals surface area contributed by atoms with E-state index in [0.717, 1.165) is 18.4 Å². The number of fused-ring (bicyclic) bond motifs is 2. The van der Waals surface area contributed by atoms with Crippen molar-refractivity contribution < 1.29 is 18.0 Å². The number of aryl methyl sites for hydroxylation is 2. The number of carbonyl (C=O) groups is 2. The summed E-state index contributed by atoms with van der Waals surface area (Å²) < 4.78 is 25.1. The van der Waals surface area contributed by atoms with Crippen molar-refractivity contribution in [3.05, 3.63) is 108 Å². The first-order valence-electron chi connectivity index (χ1n) is 11.1. The minimum atomic E-state index is -3.70. The molecule has 0 radical (unpaired) electrons. The molecule has 0 aromatic heterocycles. The Bertz CT molecular complexity index is 1510. The van der Waals surface area contributed by atoms with Gasteiger partial charge < -0.3 is 5.32 Å². The molecule has 0 bridgehead atoms. The van der Waals surface area contributed by atoms with Crippen molar-refractivity contribution in [1.82, 2.24) is 0 Å². The summed E-state index contributed by atoms with van der Waals surface area (Å²) in [6.45, 7) is 0. The smallest absolute Gasteiger partial charge is 0.236 e. The normalized spacial score (nSPS) is 16.7. The molecule has 0 spiro atoms. The fourth-order valence-electron chi connectivity index (χ4n) is 4.38. The zero-order chi connectivity index (χ0) is 23.7. The molecule has 4 aromatic rings. The lowest BCUT2D eigenvalue weighted by Gasteiger charge is -2.22. The van der Waals surface area contributed by atoms with Gasteiger partial charge in [0.05, 0.1) is 10.6 Å². The van der Waals surface area contributed by atoms with E-state index in [4.69, 9.17) is 0 Å². The lowest BCUT2D eigenvalue weighted by Crippen LogP contribution is -2.39. The van der Waals surface area contributed by atoms with Gasteiger partial charge >= 0.3 is 0 Å². The first-order valence-corrected chi connectivity index (χ1v) is 12.8. The number of rotatable bonds is 5. The van der Waals surface area contributed by atoms with E-state index in [-0.39, 0.29) is 10.5 Å². The third-order valence-electron chi connectivity index (χ3n) is 6.24. The van der Waals surface area contributed by atoms with Gasteiger partial charge in [0.1, 0.15) is 5.92 Å². The van der Waals surface area contributed by atoms with Crippen LogP contribution in [0.4, 0.5) is 5.69 Å². The Morgan fingerprint density at radius 3 is 2.24 bits per heavy atom. The van der Waals surface area contributed by atoms with Crippen LogP contribution in [-0.2, 0) is 27.5 Å². The van der Waals surface area contributed by atoms with Crippen LogP contribution in [0.5, 0.6) is 0 Å². The zero-order valence-corrected chi connectivity index (χ0v) is 19.2. The van der Waals surface area contributed by atoms with Gasteiger partial charge in [-0.25, -0.2) is 8.42 Å². The molecule has 170 valence electrons. The molecule has 1 unspecified atom stereocenters. The number of hydrogen-bond donors (Lipinski definition) is 1. The second kappa shape index (κ2) is 8.88. The summed E-state index contributed by atoms with van der Waals surface area (Å²) in [6.07, 6.45) is 1.74. The molecule has 34 heavy (non-hydrogen) atoms. The van der Waals surface area contributed by atoms with E-state index in [9.17, 15) is 18.0 Å². The molecule has 0 fully saturated rings. The standard InChI is InChI=1S/C28H23NO4S/c30-27-24-7-3-4-8-26(24)34(32,33)18-25(27)28(31)29-23-15-12-19(13-16-23)9-10-20-11-14-21-5-1-2-6-22(21)17-20/h1-8,11-17,25H,9-10,18H2,(H,29,31). The Balaban J connectivity index is 1.24. The number of nitrogens with one attached hydrogen (secondary N) is 1. The summed E-state index contributed by atoms with van der Waals surface area (Å²) >= 11 is 0. The van der Waals surface area contributed by atoms with Crippen molar-refractivity contribution in [2.75, 3.05) is 11.1 Å². The Morgan fingerprint density at radius 2 is 1.44 bits per heavy atom. The van der Waals surface area contributed by atoms with E-state index in [0.29, 0.717) is 5.69 Å². The van der Waals surface area contributed by atoms with Crippen LogP contribution in [0.15, 0.2) is 95.9 Å². The number of amides is 1. The van der Waals surface area contributed by atoms with E-state index in [1.54, 1.807) is 24.3 Å². The molecule has 1 atom stereocenters. The number of anilines is 1. The summed E-state index contributed by atoms with van der Waals surface area (Å²) in [5, 5.41) is 5.15. The lowest BCUT2D eigenvalue weighted by molar-refractivity contribution is -0.118. The molecule has 1 aliphatic heterocycles. The minimum Gasteiger partial charge on any atom is -0.325 e. The van der Waals surface area contributed by atoms with Gasteiger partial charge in [0, 0.05) is 11.3 Å². The molecule has 5 rings (SSSR count). The van der Waals surface area contributed by atoms with Gasteiger partial charge in [-0.1, -0.05) is 72.8 Å². The van der Waals surface area contributed by atoms with Gasteiger partial charge in [0.15, 0.2) is 15.6 Å². The fraction of sp³-hybridized carbons (Fsp3) is 0.143. The summed E-state index contributed by atoms with van der Waals surface area (Å²) in [7, 11) is -3.70. The molecule has 1 amide bonds. The summed E-state index contributed by atoms with van der Waals surface area (Å²) in [6, 6.07) is 28.2. The molecular weight excluding hydrogens is 446 g/mol. The first-order chi connectivity index (χ1) is 16.4. The lowest BCUT2D eigenvalue weighted by atomic mass is 9.97. The van der Waals surface area contributed by atoms with E-state index in [1.807, 2.05) is 24.3 Å². The first kappa shape index (κ1) is 22.0.